The van der Waals surface area contributed by atoms with Crippen molar-refractivity contribution >= 4 is 11.8 Å². The fourth-order valence-corrected chi connectivity index (χ4v) is 2.93. The van der Waals surface area contributed by atoms with Crippen LogP contribution >= 0.6 is 0 Å². The summed E-state index contributed by atoms with van der Waals surface area (Å²) in [6.07, 6.45) is 6.97. The van der Waals surface area contributed by atoms with E-state index >= 15 is 0 Å². The average Bonchev–Trinajstić information content (AvgIpc) is 3.20. The second-order valence-corrected chi connectivity index (χ2v) is 5.94. The second-order valence-electron chi connectivity index (χ2n) is 5.94. The van der Waals surface area contributed by atoms with E-state index in [1.165, 1.54) is 12.8 Å². The minimum absolute atomic E-state index is 0.0147. The van der Waals surface area contributed by atoms with Crippen LogP contribution in [0.15, 0.2) is 12.4 Å². The van der Waals surface area contributed by atoms with E-state index in [9.17, 15) is 9.59 Å². The molecule has 6 heteroatoms. The lowest BCUT2D eigenvalue weighted by Crippen LogP contribution is -2.58. The van der Waals surface area contributed by atoms with Crippen LogP contribution in [0.2, 0.25) is 0 Å². The summed E-state index contributed by atoms with van der Waals surface area (Å²) < 4.78 is 2.14. The van der Waals surface area contributed by atoms with Gasteiger partial charge in [0, 0.05) is 25.0 Å². The maximum atomic E-state index is 12.4. The summed E-state index contributed by atoms with van der Waals surface area (Å²) in [7, 11) is 0. The highest BCUT2D eigenvalue weighted by Crippen LogP contribution is 2.35. The first kappa shape index (κ1) is 14.1. The Morgan fingerprint density at radius 1 is 1.33 bits per heavy atom. The largest absolute Gasteiger partial charge is 0.332 e. The lowest BCUT2D eigenvalue weighted by atomic mass is 10.1. The molecule has 1 aliphatic heterocycles. The molecule has 0 aromatic carbocycles. The monoisotopic (exact) mass is 290 g/mol. The van der Waals surface area contributed by atoms with E-state index in [-0.39, 0.29) is 18.4 Å². The number of carbonyl (C=O) groups excluding carboxylic acids is 2. The first-order chi connectivity index (χ1) is 10.1. The first-order valence-electron chi connectivity index (χ1n) is 7.71. The van der Waals surface area contributed by atoms with E-state index < -0.39 is 6.04 Å². The summed E-state index contributed by atoms with van der Waals surface area (Å²) in [6, 6.07) is 0.132. The summed E-state index contributed by atoms with van der Waals surface area (Å²) in [5.74, 6) is 0.941. The topological polar surface area (TPSA) is 58.4 Å². The van der Waals surface area contributed by atoms with Crippen LogP contribution in [-0.4, -0.2) is 50.3 Å². The molecule has 21 heavy (non-hydrogen) atoms. The Bertz CT molecular complexity index is 550. The van der Waals surface area contributed by atoms with Gasteiger partial charge in [-0.15, -0.1) is 0 Å². The van der Waals surface area contributed by atoms with E-state index in [1.807, 2.05) is 20.0 Å². The van der Waals surface area contributed by atoms with Crippen molar-refractivity contribution in [2.24, 2.45) is 0 Å². The Balaban J connectivity index is 1.74. The second kappa shape index (κ2) is 5.50. The van der Waals surface area contributed by atoms with Gasteiger partial charge in [-0.05, 0) is 26.2 Å². The Kier molecular flexibility index (Phi) is 3.69. The molecule has 2 amide bonds. The highest BCUT2D eigenvalue weighted by atomic mass is 16.2. The van der Waals surface area contributed by atoms with Crippen molar-refractivity contribution in [1.29, 1.82) is 0 Å². The Morgan fingerprint density at radius 2 is 2.10 bits per heavy atom. The summed E-state index contributed by atoms with van der Waals surface area (Å²) >= 11 is 0. The standard InChI is InChI=1S/C15H22N4O2/c1-3-7-17-10-14(20)19(11(2)15(17)21)9-13-16-6-8-18(13)12-4-5-12/h6,8,11-12H,3-5,7,9-10H2,1-2H3/t11-/m1/s1. The van der Waals surface area contributed by atoms with E-state index in [0.29, 0.717) is 19.1 Å². The van der Waals surface area contributed by atoms with Gasteiger partial charge in [0.2, 0.25) is 11.8 Å². The number of imidazole rings is 1. The molecule has 1 aromatic rings. The molecule has 0 bridgehead atoms. The molecule has 3 rings (SSSR count). The molecule has 1 saturated heterocycles. The van der Waals surface area contributed by atoms with Gasteiger partial charge >= 0.3 is 0 Å². The fraction of sp³-hybridized carbons (Fsp3) is 0.667. The van der Waals surface area contributed by atoms with Crippen LogP contribution in [0.1, 0.15) is 45.0 Å². The van der Waals surface area contributed by atoms with Crippen LogP contribution in [0, 0.1) is 0 Å². The van der Waals surface area contributed by atoms with Crippen LogP contribution in [0.3, 0.4) is 0 Å². The number of aromatic nitrogens is 2. The molecule has 6 nitrogen and oxygen atoms in total. The van der Waals surface area contributed by atoms with E-state index in [1.54, 1.807) is 16.0 Å². The SMILES string of the molecule is CCCN1CC(=O)N(Cc2nccn2C2CC2)[C@H](C)C1=O. The third kappa shape index (κ3) is 2.66. The minimum Gasteiger partial charge on any atom is -0.332 e. The van der Waals surface area contributed by atoms with Gasteiger partial charge < -0.3 is 14.4 Å². The molecular formula is C15H22N4O2. The van der Waals surface area contributed by atoms with Gasteiger partial charge in [-0.1, -0.05) is 6.92 Å². The molecule has 2 heterocycles. The van der Waals surface area contributed by atoms with Crippen molar-refractivity contribution in [3.05, 3.63) is 18.2 Å². The molecule has 114 valence electrons. The van der Waals surface area contributed by atoms with Crippen molar-refractivity contribution in [3.63, 3.8) is 0 Å². The highest BCUT2D eigenvalue weighted by molar-refractivity contribution is 5.94. The van der Waals surface area contributed by atoms with Gasteiger partial charge in [0.25, 0.3) is 0 Å². The Hall–Kier alpha value is -1.85. The van der Waals surface area contributed by atoms with Gasteiger partial charge in [0.1, 0.15) is 11.9 Å². The normalized spacial score (nSPS) is 23.0. The smallest absolute Gasteiger partial charge is 0.245 e. The quantitative estimate of drug-likeness (QED) is 0.818. The van der Waals surface area contributed by atoms with E-state index in [0.717, 1.165) is 12.2 Å². The zero-order valence-corrected chi connectivity index (χ0v) is 12.7. The molecule has 1 atom stereocenters. The lowest BCUT2D eigenvalue weighted by Gasteiger charge is -2.38. The van der Waals surface area contributed by atoms with Gasteiger partial charge in [-0.25, -0.2) is 4.98 Å². The fourth-order valence-electron chi connectivity index (χ4n) is 2.93. The highest BCUT2D eigenvalue weighted by Gasteiger charge is 2.37. The van der Waals surface area contributed by atoms with E-state index in [2.05, 4.69) is 9.55 Å². The zero-order valence-electron chi connectivity index (χ0n) is 12.7. The van der Waals surface area contributed by atoms with Crippen LogP contribution in [-0.2, 0) is 16.1 Å². The van der Waals surface area contributed by atoms with Crippen LogP contribution < -0.4 is 0 Å². The summed E-state index contributed by atoms with van der Waals surface area (Å²) in [5.41, 5.74) is 0. The number of nitrogens with zero attached hydrogens (tertiary/aromatic N) is 4. The summed E-state index contributed by atoms with van der Waals surface area (Å²) in [4.78, 5) is 32.4. The number of rotatable bonds is 5. The third-order valence-electron chi connectivity index (χ3n) is 4.28. The molecule has 0 N–H and O–H groups in total. The van der Waals surface area contributed by atoms with Crippen LogP contribution in [0.4, 0.5) is 0 Å². The van der Waals surface area contributed by atoms with Crippen molar-refractivity contribution in [1.82, 2.24) is 19.4 Å². The predicted molar refractivity (Wildman–Crippen MR) is 77.4 cm³/mol. The molecule has 1 aliphatic carbocycles. The van der Waals surface area contributed by atoms with Crippen LogP contribution in [0.25, 0.3) is 0 Å². The number of amides is 2. The van der Waals surface area contributed by atoms with E-state index in [4.69, 9.17) is 0 Å². The summed E-state index contributed by atoms with van der Waals surface area (Å²) in [6.45, 7) is 5.10. The molecule has 0 spiro atoms. The molecule has 1 aromatic heterocycles. The number of piperazine rings is 1. The predicted octanol–water partition coefficient (Wildman–Crippen LogP) is 1.19. The van der Waals surface area contributed by atoms with Crippen LogP contribution in [0.5, 0.6) is 0 Å². The van der Waals surface area contributed by atoms with Crippen molar-refractivity contribution in [2.75, 3.05) is 13.1 Å². The van der Waals surface area contributed by atoms with Gasteiger partial charge in [0.05, 0.1) is 13.1 Å². The Labute approximate surface area is 124 Å². The molecule has 2 aliphatic rings. The number of hydrogen-bond acceptors (Lipinski definition) is 3. The molecule has 0 radical (unpaired) electrons. The van der Waals surface area contributed by atoms with Crippen molar-refractivity contribution in [3.8, 4) is 0 Å². The third-order valence-corrected chi connectivity index (χ3v) is 4.28. The molecular weight excluding hydrogens is 268 g/mol. The maximum absolute atomic E-state index is 12.4. The summed E-state index contributed by atoms with van der Waals surface area (Å²) in [5, 5.41) is 0. The molecule has 0 unspecified atom stereocenters. The van der Waals surface area contributed by atoms with Gasteiger partial charge in [-0.3, -0.25) is 9.59 Å². The lowest BCUT2D eigenvalue weighted by molar-refractivity contribution is -0.155. The Morgan fingerprint density at radius 3 is 2.76 bits per heavy atom. The first-order valence-corrected chi connectivity index (χ1v) is 7.71. The minimum atomic E-state index is -0.401. The maximum Gasteiger partial charge on any atom is 0.245 e. The van der Waals surface area contributed by atoms with Crippen molar-refractivity contribution in [2.45, 2.75) is 51.7 Å². The van der Waals surface area contributed by atoms with Crippen molar-refractivity contribution < 1.29 is 9.59 Å². The number of carbonyl (C=O) groups is 2. The zero-order chi connectivity index (χ0) is 15.0. The molecule has 1 saturated carbocycles. The van der Waals surface area contributed by atoms with Gasteiger partial charge in [-0.2, -0.15) is 0 Å². The number of hydrogen-bond donors (Lipinski definition) is 0. The molecule has 2 fully saturated rings. The average molecular weight is 290 g/mol. The van der Waals surface area contributed by atoms with Gasteiger partial charge in [0.15, 0.2) is 0 Å².